The van der Waals surface area contributed by atoms with Gasteiger partial charge in [-0.05, 0) is 43.0 Å². The van der Waals surface area contributed by atoms with E-state index < -0.39 is 0 Å². The van der Waals surface area contributed by atoms with Crippen LogP contribution in [0.2, 0.25) is 0 Å². The maximum Gasteiger partial charge on any atom is 0.221 e. The van der Waals surface area contributed by atoms with E-state index in [1.807, 2.05) is 60.8 Å². The first-order valence-electron chi connectivity index (χ1n) is 11.7. The Hall–Kier alpha value is -3.73. The Bertz CT molecular complexity index is 1230. The molecule has 5 nitrogen and oxygen atoms in total. The van der Waals surface area contributed by atoms with Gasteiger partial charge in [-0.25, -0.2) is 0 Å². The third kappa shape index (κ3) is 5.42. The van der Waals surface area contributed by atoms with E-state index in [1.54, 1.807) is 14.2 Å². The minimum absolute atomic E-state index is 0.0220. The second-order valence-corrected chi connectivity index (χ2v) is 8.65. The summed E-state index contributed by atoms with van der Waals surface area (Å²) in [5, 5.41) is 4.31. The number of carbonyl (C=O) groups is 1. The number of benzene rings is 3. The maximum atomic E-state index is 13.2. The Balaban J connectivity index is 1.57. The number of aromatic amines is 1. The minimum Gasteiger partial charge on any atom is -0.497 e. The molecule has 1 heterocycles. The number of rotatable bonds is 10. The average molecular weight is 457 g/mol. The van der Waals surface area contributed by atoms with Gasteiger partial charge in [-0.15, -0.1) is 0 Å². The molecule has 0 unspecified atom stereocenters. The Kier molecular flexibility index (Phi) is 7.53. The fourth-order valence-corrected chi connectivity index (χ4v) is 4.50. The van der Waals surface area contributed by atoms with Crippen LogP contribution in [0, 0.1) is 0 Å². The highest BCUT2D eigenvalue weighted by atomic mass is 16.5. The highest BCUT2D eigenvalue weighted by Crippen LogP contribution is 2.39. The SMILES string of the molecule is COc1ccc([C@H](CC(=O)N[C@@H](C)CCc2ccccc2)c2c[nH]c3ccccc23)c(OC)c1. The van der Waals surface area contributed by atoms with Gasteiger partial charge in [0.25, 0.3) is 0 Å². The lowest BCUT2D eigenvalue weighted by molar-refractivity contribution is -0.121. The molecule has 4 rings (SSSR count). The van der Waals surface area contributed by atoms with Crippen molar-refractivity contribution in [3.63, 3.8) is 0 Å². The lowest BCUT2D eigenvalue weighted by atomic mass is 9.87. The standard InChI is InChI=1S/C29H32N2O3/c1-20(13-14-21-9-5-4-6-10-21)31-29(32)18-25(24-16-15-22(33-2)17-28(24)34-3)26-19-30-27-12-8-7-11-23(26)27/h4-12,15-17,19-20,25,30H,13-14,18H2,1-3H3,(H,31,32)/t20-,25-/m0/s1. The normalized spacial score (nSPS) is 12.8. The lowest BCUT2D eigenvalue weighted by Gasteiger charge is -2.22. The number of fused-ring (bicyclic) bond motifs is 1. The van der Waals surface area contributed by atoms with Crippen LogP contribution in [0.3, 0.4) is 0 Å². The predicted molar refractivity (Wildman–Crippen MR) is 137 cm³/mol. The topological polar surface area (TPSA) is 63.3 Å². The molecule has 0 bridgehead atoms. The third-order valence-corrected chi connectivity index (χ3v) is 6.32. The molecule has 1 amide bonds. The molecule has 0 aliphatic carbocycles. The minimum atomic E-state index is -0.168. The van der Waals surface area contributed by atoms with Crippen LogP contribution in [0.1, 0.15) is 42.4 Å². The molecule has 0 saturated heterocycles. The van der Waals surface area contributed by atoms with Crippen LogP contribution in [-0.2, 0) is 11.2 Å². The summed E-state index contributed by atoms with van der Waals surface area (Å²) in [7, 11) is 3.28. The zero-order chi connectivity index (χ0) is 23.9. The monoisotopic (exact) mass is 456 g/mol. The largest absolute Gasteiger partial charge is 0.497 e. The van der Waals surface area contributed by atoms with Gasteiger partial charge in [0, 0.05) is 47.1 Å². The second kappa shape index (κ2) is 10.9. The van der Waals surface area contributed by atoms with E-state index in [-0.39, 0.29) is 17.9 Å². The predicted octanol–water partition coefficient (Wildman–Crippen LogP) is 5.84. The number of hydrogen-bond acceptors (Lipinski definition) is 3. The third-order valence-electron chi connectivity index (χ3n) is 6.32. The van der Waals surface area contributed by atoms with Crippen LogP contribution in [-0.4, -0.2) is 31.2 Å². The fourth-order valence-electron chi connectivity index (χ4n) is 4.50. The van der Waals surface area contributed by atoms with Crippen molar-refractivity contribution < 1.29 is 14.3 Å². The van der Waals surface area contributed by atoms with Gasteiger partial charge in [-0.2, -0.15) is 0 Å². The van der Waals surface area contributed by atoms with Crippen molar-refractivity contribution >= 4 is 16.8 Å². The van der Waals surface area contributed by atoms with Crippen LogP contribution in [0.5, 0.6) is 11.5 Å². The maximum absolute atomic E-state index is 13.2. The molecule has 4 aromatic rings. The van der Waals surface area contributed by atoms with Crippen molar-refractivity contribution in [3.8, 4) is 11.5 Å². The Labute approximate surface area is 201 Å². The van der Waals surface area contributed by atoms with E-state index in [4.69, 9.17) is 9.47 Å². The first kappa shape index (κ1) is 23.4. The molecule has 5 heteroatoms. The summed E-state index contributed by atoms with van der Waals surface area (Å²) >= 11 is 0. The highest BCUT2D eigenvalue weighted by molar-refractivity contribution is 5.86. The molecule has 0 aliphatic rings. The summed E-state index contributed by atoms with van der Waals surface area (Å²) in [5.41, 5.74) is 4.36. The average Bonchev–Trinajstić information content (AvgIpc) is 3.30. The van der Waals surface area contributed by atoms with Crippen LogP contribution in [0.4, 0.5) is 0 Å². The fraction of sp³-hybridized carbons (Fsp3) is 0.276. The zero-order valence-electron chi connectivity index (χ0n) is 20.0. The zero-order valence-corrected chi connectivity index (χ0v) is 20.0. The molecule has 0 spiro atoms. The molecule has 2 atom stereocenters. The van der Waals surface area contributed by atoms with Gasteiger partial charge in [0.05, 0.1) is 14.2 Å². The van der Waals surface area contributed by atoms with Crippen LogP contribution < -0.4 is 14.8 Å². The summed E-state index contributed by atoms with van der Waals surface area (Å²) in [6, 6.07) is 24.4. The lowest BCUT2D eigenvalue weighted by Crippen LogP contribution is -2.34. The van der Waals surface area contributed by atoms with Gasteiger partial charge < -0.3 is 19.8 Å². The van der Waals surface area contributed by atoms with Crippen LogP contribution >= 0.6 is 0 Å². The number of para-hydroxylation sites is 1. The van der Waals surface area contributed by atoms with Crippen molar-refractivity contribution in [2.24, 2.45) is 0 Å². The number of aryl methyl sites for hydroxylation is 1. The van der Waals surface area contributed by atoms with Crippen molar-refractivity contribution in [2.45, 2.75) is 38.1 Å². The van der Waals surface area contributed by atoms with E-state index in [0.717, 1.165) is 40.6 Å². The van der Waals surface area contributed by atoms with E-state index in [9.17, 15) is 4.79 Å². The van der Waals surface area contributed by atoms with Crippen molar-refractivity contribution in [2.75, 3.05) is 14.2 Å². The molecule has 0 saturated carbocycles. The second-order valence-electron chi connectivity index (χ2n) is 8.65. The summed E-state index contributed by atoms with van der Waals surface area (Å²) in [5.74, 6) is 1.28. The van der Waals surface area contributed by atoms with E-state index in [0.29, 0.717) is 12.2 Å². The molecule has 176 valence electrons. The Morgan fingerprint density at radius 2 is 1.71 bits per heavy atom. The first-order chi connectivity index (χ1) is 16.6. The number of amides is 1. The number of nitrogens with one attached hydrogen (secondary N) is 2. The van der Waals surface area contributed by atoms with Crippen molar-refractivity contribution in [1.29, 1.82) is 0 Å². The molecule has 2 N–H and O–H groups in total. The smallest absolute Gasteiger partial charge is 0.221 e. The first-order valence-corrected chi connectivity index (χ1v) is 11.7. The van der Waals surface area contributed by atoms with Crippen LogP contribution in [0.25, 0.3) is 10.9 Å². The molecular weight excluding hydrogens is 424 g/mol. The molecule has 1 aromatic heterocycles. The number of methoxy groups -OCH3 is 2. The number of hydrogen-bond donors (Lipinski definition) is 2. The van der Waals surface area contributed by atoms with Gasteiger partial charge in [-0.1, -0.05) is 54.6 Å². The van der Waals surface area contributed by atoms with Gasteiger partial charge in [0.15, 0.2) is 0 Å². The van der Waals surface area contributed by atoms with Gasteiger partial charge in [0.1, 0.15) is 11.5 Å². The summed E-state index contributed by atoms with van der Waals surface area (Å²) in [4.78, 5) is 16.6. The highest BCUT2D eigenvalue weighted by Gasteiger charge is 2.25. The number of H-pyrrole nitrogens is 1. The van der Waals surface area contributed by atoms with E-state index in [1.165, 1.54) is 5.56 Å². The molecule has 3 aromatic carbocycles. The van der Waals surface area contributed by atoms with E-state index >= 15 is 0 Å². The van der Waals surface area contributed by atoms with E-state index in [2.05, 4.69) is 35.4 Å². The number of carbonyl (C=O) groups excluding carboxylic acids is 1. The molecule has 0 fully saturated rings. The van der Waals surface area contributed by atoms with Crippen molar-refractivity contribution in [3.05, 3.63) is 95.7 Å². The van der Waals surface area contributed by atoms with Crippen molar-refractivity contribution in [1.82, 2.24) is 10.3 Å². The van der Waals surface area contributed by atoms with Crippen LogP contribution in [0.15, 0.2) is 79.0 Å². The molecule has 34 heavy (non-hydrogen) atoms. The Morgan fingerprint density at radius 3 is 2.47 bits per heavy atom. The van der Waals surface area contributed by atoms with Gasteiger partial charge in [0.2, 0.25) is 5.91 Å². The molecule has 0 aliphatic heterocycles. The number of ether oxygens (including phenoxy) is 2. The number of aromatic nitrogens is 1. The quantitative estimate of drug-likeness (QED) is 0.315. The van der Waals surface area contributed by atoms with Gasteiger partial charge >= 0.3 is 0 Å². The Morgan fingerprint density at radius 1 is 0.941 bits per heavy atom. The van der Waals surface area contributed by atoms with Gasteiger partial charge in [-0.3, -0.25) is 4.79 Å². The summed E-state index contributed by atoms with van der Waals surface area (Å²) < 4.78 is 11.1. The summed E-state index contributed by atoms with van der Waals surface area (Å²) in [6.45, 7) is 2.06. The molecule has 0 radical (unpaired) electrons. The summed E-state index contributed by atoms with van der Waals surface area (Å²) in [6.07, 6.45) is 4.14. The molecular formula is C29H32N2O3.